The van der Waals surface area contributed by atoms with E-state index in [0.29, 0.717) is 37.9 Å². The Morgan fingerprint density at radius 2 is 1.21 bits per heavy atom. The number of carbonyl (C=O) groups is 2. The van der Waals surface area contributed by atoms with E-state index in [1.54, 1.807) is 35.3 Å². The van der Waals surface area contributed by atoms with Gasteiger partial charge in [-0.3, -0.25) is 19.6 Å². The van der Waals surface area contributed by atoms with Crippen molar-refractivity contribution < 1.29 is 24.2 Å². The second kappa shape index (κ2) is 18.0. The van der Waals surface area contributed by atoms with E-state index in [1.807, 2.05) is 51.1 Å². The van der Waals surface area contributed by atoms with Crippen molar-refractivity contribution in [2.24, 2.45) is 21.8 Å². The average molecular weight is 927 g/mol. The lowest BCUT2D eigenvalue weighted by Gasteiger charge is -2.44. The Kier molecular flexibility index (Phi) is 11.9. The number of rotatable bonds is 11. The lowest BCUT2D eigenvalue weighted by molar-refractivity contribution is -0.143. The Balaban J connectivity index is 0.000000158. The van der Waals surface area contributed by atoms with E-state index in [2.05, 4.69) is 77.7 Å². The van der Waals surface area contributed by atoms with Gasteiger partial charge in [-0.1, -0.05) is 0 Å². The molecule has 11 rings (SSSR count). The molecule has 17 heteroatoms. The first kappa shape index (κ1) is 43.8. The third-order valence-electron chi connectivity index (χ3n) is 13.0. The van der Waals surface area contributed by atoms with Gasteiger partial charge < -0.3 is 35.0 Å². The van der Waals surface area contributed by atoms with Crippen molar-refractivity contribution in [3.8, 4) is 11.5 Å². The van der Waals surface area contributed by atoms with Gasteiger partial charge in [-0.15, -0.1) is 22.7 Å². The number of likely N-dealkylation sites (tertiary alicyclic amines) is 1. The fourth-order valence-corrected chi connectivity index (χ4v) is 12.0. The minimum Gasteiger partial charge on any atom is -0.489 e. The smallest absolute Gasteiger partial charge is 0.306 e. The zero-order chi connectivity index (χ0) is 45.8. The number of carbonyl (C=O) groups excluding carboxylic acids is 1. The Morgan fingerprint density at radius 1 is 0.727 bits per heavy atom. The first-order valence-electron chi connectivity index (χ1n) is 22.8. The number of fused-ring (bicyclic) bond motifs is 8. The van der Waals surface area contributed by atoms with Gasteiger partial charge in [-0.05, 0) is 138 Å². The summed E-state index contributed by atoms with van der Waals surface area (Å²) in [7, 11) is 4.16. The predicted octanol–water partition coefficient (Wildman–Crippen LogP) is 8.38. The molecule has 1 fully saturated rings. The first-order chi connectivity index (χ1) is 31.9. The molecule has 66 heavy (non-hydrogen) atoms. The number of ether oxygens (including phenoxy) is 2. The molecule has 0 saturated carbocycles. The normalized spacial score (nSPS) is 18.2. The molecule has 7 heterocycles. The average Bonchev–Trinajstić information content (AvgIpc) is 4.07. The highest BCUT2D eigenvalue weighted by atomic mass is 32.1. The molecule has 2 aromatic carbocycles. The number of aliphatic carboxylic acids is 1. The van der Waals surface area contributed by atoms with Gasteiger partial charge in [-0.2, -0.15) is 0 Å². The maximum atomic E-state index is 13.1. The van der Waals surface area contributed by atoms with E-state index in [9.17, 15) is 14.7 Å². The van der Waals surface area contributed by atoms with Crippen LogP contribution >= 0.6 is 22.7 Å². The number of thiophene rings is 2. The molecule has 4 aromatic heterocycles. The van der Waals surface area contributed by atoms with Gasteiger partial charge in [0, 0.05) is 47.2 Å². The molecular formula is C49H54N10O5S2. The largest absolute Gasteiger partial charge is 0.489 e. The number of aromatic nitrogens is 4. The van der Waals surface area contributed by atoms with E-state index in [1.165, 1.54) is 21.6 Å². The monoisotopic (exact) mass is 926 g/mol. The van der Waals surface area contributed by atoms with Crippen molar-refractivity contribution in [3.63, 3.8) is 0 Å². The minimum atomic E-state index is -0.724. The molecule has 0 unspecified atom stereocenters. The first-order valence-corrected chi connectivity index (χ1v) is 24.4. The molecule has 2 atom stereocenters. The molecule has 0 bridgehead atoms. The quantitative estimate of drug-likeness (QED) is 0.113. The maximum absolute atomic E-state index is 13.1. The van der Waals surface area contributed by atoms with Crippen LogP contribution < -0.4 is 20.1 Å². The fourth-order valence-electron chi connectivity index (χ4n) is 9.48. The number of amides is 1. The number of carboxylic acid groups (broad SMARTS) is 1. The number of hydrogen-bond donors (Lipinski definition) is 3. The molecule has 0 spiro atoms. The van der Waals surface area contributed by atoms with Crippen LogP contribution in [0.25, 0.3) is 20.4 Å². The van der Waals surface area contributed by atoms with Gasteiger partial charge in [0.15, 0.2) is 0 Å². The summed E-state index contributed by atoms with van der Waals surface area (Å²) >= 11 is 3.27. The summed E-state index contributed by atoms with van der Waals surface area (Å²) in [4.78, 5) is 60.0. The van der Waals surface area contributed by atoms with Gasteiger partial charge in [-0.25, -0.2) is 19.9 Å². The minimum absolute atomic E-state index is 0.0400. The molecule has 342 valence electrons. The van der Waals surface area contributed by atoms with Crippen molar-refractivity contribution in [3.05, 3.63) is 80.1 Å². The van der Waals surface area contributed by atoms with Gasteiger partial charge in [0.1, 0.15) is 45.5 Å². The van der Waals surface area contributed by atoms with Crippen molar-refractivity contribution in [2.75, 3.05) is 37.8 Å². The molecule has 5 aliphatic rings. The summed E-state index contributed by atoms with van der Waals surface area (Å²) in [5.41, 5.74) is 8.69. The van der Waals surface area contributed by atoms with Gasteiger partial charge in [0.2, 0.25) is 5.91 Å². The Bertz CT molecular complexity index is 2940. The van der Waals surface area contributed by atoms with E-state index in [-0.39, 0.29) is 24.0 Å². The number of carboxylic acids is 1. The van der Waals surface area contributed by atoms with Crippen LogP contribution in [0, 0.1) is 11.8 Å². The topological polar surface area (TPSA) is 180 Å². The Labute approximate surface area is 391 Å². The van der Waals surface area contributed by atoms with Gasteiger partial charge >= 0.3 is 5.97 Å². The van der Waals surface area contributed by atoms with Crippen LogP contribution in [0.2, 0.25) is 0 Å². The molecule has 1 saturated heterocycles. The number of hydrogen-bond acceptors (Lipinski definition) is 15. The third-order valence-corrected chi connectivity index (χ3v) is 15.3. The summed E-state index contributed by atoms with van der Waals surface area (Å²) in [6.07, 6.45) is 11.5. The highest BCUT2D eigenvalue weighted by Gasteiger charge is 2.38. The lowest BCUT2D eigenvalue weighted by atomic mass is 9.86. The number of nitrogens with zero attached hydrogens (tertiary/aromatic N) is 8. The molecule has 3 aliphatic heterocycles. The van der Waals surface area contributed by atoms with Crippen molar-refractivity contribution >= 4 is 90.4 Å². The zero-order valence-electron chi connectivity index (χ0n) is 38.1. The molecule has 2 aliphatic carbocycles. The molecule has 0 radical (unpaired) electrons. The number of aliphatic imine (C=N–C) groups is 2. The maximum Gasteiger partial charge on any atom is 0.306 e. The molecular weight excluding hydrogens is 873 g/mol. The summed E-state index contributed by atoms with van der Waals surface area (Å²) in [5.74, 6) is 2.42. The van der Waals surface area contributed by atoms with Crippen LogP contribution in [-0.2, 0) is 48.4 Å². The van der Waals surface area contributed by atoms with Crippen LogP contribution in [0.5, 0.6) is 11.5 Å². The van der Waals surface area contributed by atoms with Gasteiger partial charge in [0.25, 0.3) is 0 Å². The number of benzene rings is 2. The highest BCUT2D eigenvalue weighted by molar-refractivity contribution is 7.19. The van der Waals surface area contributed by atoms with Crippen molar-refractivity contribution in [2.45, 2.75) is 97.6 Å². The molecule has 6 aromatic rings. The second-order valence-corrected chi connectivity index (χ2v) is 20.7. The van der Waals surface area contributed by atoms with Gasteiger partial charge in [0.05, 0.1) is 53.4 Å². The number of aryl methyl sites for hydroxylation is 2. The van der Waals surface area contributed by atoms with Crippen molar-refractivity contribution in [1.29, 1.82) is 0 Å². The second-order valence-electron chi connectivity index (χ2n) is 18.5. The predicted molar refractivity (Wildman–Crippen MR) is 261 cm³/mol. The van der Waals surface area contributed by atoms with Crippen LogP contribution in [0.3, 0.4) is 0 Å². The third kappa shape index (κ3) is 8.59. The Morgan fingerprint density at radius 3 is 1.68 bits per heavy atom. The fraction of sp³-hybridized carbons (Fsp3) is 0.429. The van der Waals surface area contributed by atoms with E-state index in [4.69, 9.17) is 9.47 Å². The summed E-state index contributed by atoms with van der Waals surface area (Å²) in [5, 5.41) is 18.5. The summed E-state index contributed by atoms with van der Waals surface area (Å²) < 4.78 is 12.2. The molecule has 1 amide bonds. The van der Waals surface area contributed by atoms with Crippen LogP contribution in [0.15, 0.2) is 46.9 Å². The van der Waals surface area contributed by atoms with E-state index in [0.717, 1.165) is 115 Å². The summed E-state index contributed by atoms with van der Waals surface area (Å²) in [6.45, 7) is 11.1. The van der Waals surface area contributed by atoms with Crippen LogP contribution in [0.4, 0.5) is 23.0 Å². The lowest BCUT2D eigenvalue weighted by Crippen LogP contribution is -2.60. The molecule has 15 nitrogen and oxygen atoms in total. The van der Waals surface area contributed by atoms with E-state index >= 15 is 0 Å². The number of likely N-dealkylation sites (N-methyl/N-ethyl adjacent to an activating group) is 1. The SMILES string of the molecule is CC(C)Oc1cc2c(cc1Nc1ncnc3sc4c(c13)CC[C@H](C(=O)N1CC(N(C)C)C1)C4)C=NC2.CC(C)Oc1cc2c(cc1Nc1ncnc3sc4c(c13)CC[C@H](C(=O)O)C4)C=NC2. The van der Waals surface area contributed by atoms with Crippen LogP contribution in [-0.4, -0.2) is 105 Å². The molecule has 3 N–H and O–H groups in total. The van der Waals surface area contributed by atoms with Crippen LogP contribution in [0.1, 0.15) is 83.7 Å². The van der Waals surface area contributed by atoms with Crippen molar-refractivity contribution in [1.82, 2.24) is 29.7 Å². The highest BCUT2D eigenvalue weighted by Crippen LogP contribution is 2.44. The standard InChI is InChI=1S/C27H32N6O2S.C22H22N4O3S/c1-15(2)35-22-8-18-11-28-10-17(18)7-21(22)31-25-24-20-6-5-16(9-23(20)36-26(24)30-14-29-25)27(34)33-12-19(13-33)32(3)4;1-11(2)29-17-6-14-9-23-8-13(14)5-16(17)26-20-19-15-4-3-12(22(27)28)7-18(15)30-21(19)25-10-24-20/h7-8,10,14-16,19H,5-6,9,11-13H2,1-4H3,(H,29,30,31);5-6,8,10-12H,3-4,7,9H2,1-2H3,(H,27,28)(H,24,25,26)/t16-;12-/m00/s1. The zero-order valence-corrected chi connectivity index (χ0v) is 39.7. The van der Waals surface area contributed by atoms with E-state index < -0.39 is 5.97 Å². The Hall–Kier alpha value is -6.04. The number of nitrogens with one attached hydrogen (secondary N) is 2. The number of anilines is 4. The summed E-state index contributed by atoms with van der Waals surface area (Å²) in [6, 6.07) is 8.76.